The molecule has 6 nitrogen and oxygen atoms in total. The first-order valence-electron chi connectivity index (χ1n) is 7.46. The van der Waals surface area contributed by atoms with Gasteiger partial charge in [0.25, 0.3) is 0 Å². The number of aliphatic imine (C=N–C) groups is 1. The molecule has 7 heteroatoms. The van der Waals surface area contributed by atoms with Crippen molar-refractivity contribution in [3.05, 3.63) is 53.6 Å². The molecule has 0 saturated carbocycles. The van der Waals surface area contributed by atoms with Crippen molar-refractivity contribution in [1.29, 1.82) is 0 Å². The first-order chi connectivity index (χ1) is 11.4. The Kier molecular flexibility index (Phi) is 6.03. The van der Waals surface area contributed by atoms with Gasteiger partial charge in [-0.05, 0) is 56.3 Å². The van der Waals surface area contributed by atoms with Crippen molar-refractivity contribution in [2.75, 3.05) is 16.0 Å². The topological polar surface area (TPSA) is 91.5 Å². The fraction of sp³-hybridized carbons (Fsp3) is 0.176. The van der Waals surface area contributed by atoms with E-state index in [4.69, 9.17) is 17.3 Å². The van der Waals surface area contributed by atoms with E-state index in [-0.39, 0.29) is 12.1 Å². The van der Waals surface area contributed by atoms with Crippen LogP contribution >= 0.6 is 11.6 Å². The lowest BCUT2D eigenvalue weighted by atomic mass is 10.3. The number of carbonyl (C=O) groups excluding carboxylic acids is 1. The predicted molar refractivity (Wildman–Crippen MR) is 101 cm³/mol. The molecule has 24 heavy (non-hydrogen) atoms. The summed E-state index contributed by atoms with van der Waals surface area (Å²) >= 11 is 5.81. The average Bonchev–Trinajstić information content (AvgIpc) is 2.49. The molecule has 0 heterocycles. The van der Waals surface area contributed by atoms with Crippen LogP contribution in [0, 0.1) is 0 Å². The molecule has 5 N–H and O–H groups in total. The molecule has 0 aliphatic carbocycles. The zero-order valence-corrected chi connectivity index (χ0v) is 14.3. The van der Waals surface area contributed by atoms with Gasteiger partial charge < -0.3 is 21.7 Å². The molecule has 0 radical (unpaired) electrons. The molecular formula is C17H20ClN5O. The van der Waals surface area contributed by atoms with Gasteiger partial charge in [0.15, 0.2) is 5.96 Å². The van der Waals surface area contributed by atoms with Crippen molar-refractivity contribution in [1.82, 2.24) is 0 Å². The number of rotatable bonds is 4. The maximum absolute atomic E-state index is 12.0. The van der Waals surface area contributed by atoms with E-state index in [0.29, 0.717) is 22.4 Å². The summed E-state index contributed by atoms with van der Waals surface area (Å²) < 4.78 is 0. The smallest absolute Gasteiger partial charge is 0.323 e. The van der Waals surface area contributed by atoms with Gasteiger partial charge in [0.05, 0.1) is 0 Å². The van der Waals surface area contributed by atoms with Crippen LogP contribution in [-0.2, 0) is 0 Å². The monoisotopic (exact) mass is 345 g/mol. The maximum Gasteiger partial charge on any atom is 0.323 e. The van der Waals surface area contributed by atoms with Crippen molar-refractivity contribution in [3.8, 4) is 0 Å². The lowest BCUT2D eigenvalue weighted by molar-refractivity contribution is 0.262. The predicted octanol–water partition coefficient (Wildman–Crippen LogP) is 4.12. The normalized spacial score (nSPS) is 11.2. The minimum Gasteiger partial charge on any atom is -0.370 e. The van der Waals surface area contributed by atoms with E-state index < -0.39 is 0 Å². The molecule has 0 fully saturated rings. The number of amides is 2. The van der Waals surface area contributed by atoms with Gasteiger partial charge in [-0.15, -0.1) is 0 Å². The summed E-state index contributed by atoms with van der Waals surface area (Å²) in [6.07, 6.45) is 0. The second-order valence-corrected chi connectivity index (χ2v) is 5.84. The number of urea groups is 1. The third-order valence-electron chi connectivity index (χ3n) is 2.89. The highest BCUT2D eigenvalue weighted by atomic mass is 35.5. The number of hydrogen-bond donors (Lipinski definition) is 4. The lowest BCUT2D eigenvalue weighted by Crippen LogP contribution is -2.24. The first kappa shape index (κ1) is 17.6. The molecule has 2 aromatic carbocycles. The zero-order valence-electron chi connectivity index (χ0n) is 13.5. The van der Waals surface area contributed by atoms with E-state index in [0.717, 1.165) is 5.69 Å². The fourth-order valence-electron chi connectivity index (χ4n) is 1.96. The largest absolute Gasteiger partial charge is 0.370 e. The van der Waals surface area contributed by atoms with E-state index >= 15 is 0 Å². The minimum atomic E-state index is -0.349. The standard InChI is InChI=1S/C17H20ClN5O/c1-11(2)20-16(19)21-14-4-3-5-15(10-14)23-17(24)22-13-8-6-12(18)7-9-13/h3-11H,1-2H3,(H3,19,20,21)(H2,22,23,24). The Balaban J connectivity index is 1.98. The summed E-state index contributed by atoms with van der Waals surface area (Å²) in [6.45, 7) is 3.88. The Morgan fingerprint density at radius 2 is 1.58 bits per heavy atom. The molecule has 0 aromatic heterocycles. The average molecular weight is 346 g/mol. The molecule has 0 aliphatic rings. The molecule has 0 aliphatic heterocycles. The molecule has 2 amide bonds. The van der Waals surface area contributed by atoms with Crippen LogP contribution in [0.4, 0.5) is 21.9 Å². The van der Waals surface area contributed by atoms with Crippen LogP contribution < -0.4 is 21.7 Å². The highest BCUT2D eigenvalue weighted by molar-refractivity contribution is 6.30. The molecule has 2 aromatic rings. The summed E-state index contributed by atoms with van der Waals surface area (Å²) in [7, 11) is 0. The molecule has 0 bridgehead atoms. The summed E-state index contributed by atoms with van der Waals surface area (Å²) in [5.74, 6) is 0.327. The van der Waals surface area contributed by atoms with Crippen LogP contribution in [-0.4, -0.2) is 18.0 Å². The van der Waals surface area contributed by atoms with Crippen molar-refractivity contribution in [3.63, 3.8) is 0 Å². The Labute approximate surface area is 146 Å². The second kappa shape index (κ2) is 8.21. The number of nitrogens with two attached hydrogens (primary N) is 1. The summed E-state index contributed by atoms with van der Waals surface area (Å²) in [4.78, 5) is 16.2. The number of carbonyl (C=O) groups is 1. The summed E-state index contributed by atoms with van der Waals surface area (Å²) in [5, 5.41) is 9.08. The van der Waals surface area contributed by atoms with E-state index in [1.54, 1.807) is 36.4 Å². The maximum atomic E-state index is 12.0. The van der Waals surface area contributed by atoms with Gasteiger partial charge in [0, 0.05) is 28.1 Å². The van der Waals surface area contributed by atoms with Crippen LogP contribution in [0.5, 0.6) is 0 Å². The third kappa shape index (κ3) is 5.81. The summed E-state index contributed by atoms with van der Waals surface area (Å²) in [6, 6.07) is 13.8. The van der Waals surface area contributed by atoms with Gasteiger partial charge in [-0.3, -0.25) is 4.99 Å². The molecule has 0 saturated heterocycles. The van der Waals surface area contributed by atoms with Crippen molar-refractivity contribution < 1.29 is 4.79 Å². The van der Waals surface area contributed by atoms with Crippen LogP contribution in [0.25, 0.3) is 0 Å². The van der Waals surface area contributed by atoms with Crippen LogP contribution in [0.1, 0.15) is 13.8 Å². The van der Waals surface area contributed by atoms with Gasteiger partial charge in [-0.1, -0.05) is 17.7 Å². The third-order valence-corrected chi connectivity index (χ3v) is 3.14. The first-order valence-corrected chi connectivity index (χ1v) is 7.84. The van der Waals surface area contributed by atoms with Gasteiger partial charge in [0.2, 0.25) is 0 Å². The Morgan fingerprint density at radius 3 is 2.21 bits per heavy atom. The van der Waals surface area contributed by atoms with Gasteiger partial charge in [-0.25, -0.2) is 4.79 Å². The number of anilines is 3. The summed E-state index contributed by atoms with van der Waals surface area (Å²) in [5.41, 5.74) is 7.82. The molecule has 0 spiro atoms. The van der Waals surface area contributed by atoms with E-state index in [1.165, 1.54) is 0 Å². The van der Waals surface area contributed by atoms with Gasteiger partial charge in [-0.2, -0.15) is 0 Å². The number of hydrogen-bond acceptors (Lipinski definition) is 2. The molecule has 0 unspecified atom stereocenters. The van der Waals surface area contributed by atoms with E-state index in [2.05, 4.69) is 20.9 Å². The lowest BCUT2D eigenvalue weighted by Gasteiger charge is -2.11. The number of guanidine groups is 1. The Hall–Kier alpha value is -2.73. The molecule has 0 atom stereocenters. The van der Waals surface area contributed by atoms with Crippen LogP contribution in [0.3, 0.4) is 0 Å². The van der Waals surface area contributed by atoms with Crippen LogP contribution in [0.15, 0.2) is 53.5 Å². The quantitative estimate of drug-likeness (QED) is 0.496. The SMILES string of the molecule is CC(C)N=C(N)Nc1cccc(NC(=O)Nc2ccc(Cl)cc2)c1. The highest BCUT2D eigenvalue weighted by Gasteiger charge is 2.04. The molecular weight excluding hydrogens is 326 g/mol. The van der Waals surface area contributed by atoms with Gasteiger partial charge >= 0.3 is 6.03 Å². The second-order valence-electron chi connectivity index (χ2n) is 5.40. The van der Waals surface area contributed by atoms with Crippen molar-refractivity contribution in [2.45, 2.75) is 19.9 Å². The van der Waals surface area contributed by atoms with Gasteiger partial charge in [0.1, 0.15) is 0 Å². The number of benzene rings is 2. The Bertz CT molecular complexity index is 728. The minimum absolute atomic E-state index is 0.101. The van der Waals surface area contributed by atoms with E-state index in [9.17, 15) is 4.79 Å². The Morgan fingerprint density at radius 1 is 1.00 bits per heavy atom. The van der Waals surface area contributed by atoms with E-state index in [1.807, 2.05) is 26.0 Å². The van der Waals surface area contributed by atoms with Crippen molar-refractivity contribution >= 4 is 40.7 Å². The zero-order chi connectivity index (χ0) is 17.5. The van der Waals surface area contributed by atoms with Crippen molar-refractivity contribution in [2.24, 2.45) is 10.7 Å². The molecule has 2 rings (SSSR count). The molecule has 126 valence electrons. The highest BCUT2D eigenvalue weighted by Crippen LogP contribution is 2.17. The fourth-order valence-corrected chi connectivity index (χ4v) is 2.09. The number of nitrogens with one attached hydrogen (secondary N) is 3. The number of nitrogens with zero attached hydrogens (tertiary/aromatic N) is 1. The van der Waals surface area contributed by atoms with Crippen LogP contribution in [0.2, 0.25) is 5.02 Å². The number of halogens is 1.